The Hall–Kier alpha value is -3.35. The van der Waals surface area contributed by atoms with E-state index in [4.69, 9.17) is 9.47 Å². The summed E-state index contributed by atoms with van der Waals surface area (Å²) in [6, 6.07) is 12.0. The number of ether oxygens (including phenoxy) is 2. The molecule has 1 N–H and O–H groups in total. The summed E-state index contributed by atoms with van der Waals surface area (Å²) in [5.41, 5.74) is 2.96. The number of aromatic nitrogens is 2. The highest BCUT2D eigenvalue weighted by Gasteiger charge is 2.24. The minimum absolute atomic E-state index is 0.217. The molecule has 0 atom stereocenters. The molecule has 2 aliphatic heterocycles. The fraction of sp³-hybridized carbons (Fsp3) is 0.304. The molecule has 0 radical (unpaired) electrons. The smallest absolute Gasteiger partial charge is 0.272 e. The quantitative estimate of drug-likeness (QED) is 0.708. The molecule has 0 fully saturated rings. The summed E-state index contributed by atoms with van der Waals surface area (Å²) < 4.78 is 26.6. The summed E-state index contributed by atoms with van der Waals surface area (Å²) in [5, 5.41) is 2.97. The highest BCUT2D eigenvalue weighted by Crippen LogP contribution is 2.32. The Morgan fingerprint density at radius 2 is 2.00 bits per heavy atom. The van der Waals surface area contributed by atoms with Crippen LogP contribution in [0.5, 0.6) is 11.5 Å². The lowest BCUT2D eigenvalue weighted by Crippen LogP contribution is -2.24. The minimum atomic E-state index is -0.313. The lowest BCUT2D eigenvalue weighted by atomic mass is 10.1. The molecule has 154 valence electrons. The van der Waals surface area contributed by atoms with Gasteiger partial charge >= 0.3 is 0 Å². The van der Waals surface area contributed by atoms with E-state index < -0.39 is 0 Å². The van der Waals surface area contributed by atoms with Crippen molar-refractivity contribution >= 4 is 5.91 Å². The summed E-state index contributed by atoms with van der Waals surface area (Å²) >= 11 is 0. The van der Waals surface area contributed by atoms with Gasteiger partial charge in [-0.3, -0.25) is 4.79 Å². The summed E-state index contributed by atoms with van der Waals surface area (Å²) in [6.45, 7) is 1.36. The minimum Gasteiger partial charge on any atom is -0.454 e. The van der Waals surface area contributed by atoms with E-state index in [2.05, 4.69) is 14.9 Å². The van der Waals surface area contributed by atoms with Gasteiger partial charge < -0.3 is 19.4 Å². The Balaban J connectivity index is 1.42. The first-order chi connectivity index (χ1) is 14.7. The number of carbonyl (C=O) groups excluding carboxylic acids is 1. The van der Waals surface area contributed by atoms with E-state index in [9.17, 15) is 9.18 Å². The van der Waals surface area contributed by atoms with E-state index in [0.29, 0.717) is 35.1 Å². The molecule has 0 spiro atoms. The zero-order valence-electron chi connectivity index (χ0n) is 16.5. The molecule has 0 bridgehead atoms. The van der Waals surface area contributed by atoms with Crippen molar-refractivity contribution in [2.75, 3.05) is 6.79 Å². The Morgan fingerprint density at radius 3 is 2.90 bits per heavy atom. The van der Waals surface area contributed by atoms with E-state index in [0.717, 1.165) is 43.5 Å². The molecular weight excluding hydrogens is 385 g/mol. The lowest BCUT2D eigenvalue weighted by molar-refractivity contribution is 0.0945. The molecule has 0 saturated carbocycles. The predicted octanol–water partition coefficient (Wildman–Crippen LogP) is 4.07. The Kier molecular flexibility index (Phi) is 4.86. The highest BCUT2D eigenvalue weighted by atomic mass is 19.1. The molecule has 0 saturated heterocycles. The van der Waals surface area contributed by atoms with Crippen LogP contribution in [0.3, 0.4) is 0 Å². The van der Waals surface area contributed by atoms with Crippen LogP contribution >= 0.6 is 0 Å². The Bertz CT molecular complexity index is 1110. The van der Waals surface area contributed by atoms with Crippen molar-refractivity contribution in [2.45, 2.75) is 38.8 Å². The maximum absolute atomic E-state index is 13.8. The van der Waals surface area contributed by atoms with E-state index in [-0.39, 0.29) is 18.5 Å². The van der Waals surface area contributed by atoms with E-state index in [1.165, 1.54) is 12.1 Å². The third-order valence-corrected chi connectivity index (χ3v) is 5.56. The van der Waals surface area contributed by atoms with Crippen LogP contribution in [0.2, 0.25) is 0 Å². The van der Waals surface area contributed by atoms with Gasteiger partial charge in [-0.1, -0.05) is 24.6 Å². The average molecular weight is 407 g/mol. The van der Waals surface area contributed by atoms with E-state index >= 15 is 0 Å². The molecule has 3 aromatic rings. The molecule has 1 aromatic heterocycles. The Morgan fingerprint density at radius 1 is 1.10 bits per heavy atom. The third kappa shape index (κ3) is 3.51. The number of amides is 1. The van der Waals surface area contributed by atoms with Crippen LogP contribution in [0.15, 0.2) is 42.5 Å². The van der Waals surface area contributed by atoms with Gasteiger partial charge in [0.1, 0.15) is 17.3 Å². The zero-order valence-corrected chi connectivity index (χ0v) is 16.5. The number of halogens is 1. The third-order valence-electron chi connectivity index (χ3n) is 5.56. The van der Waals surface area contributed by atoms with Crippen molar-refractivity contribution in [3.63, 3.8) is 0 Å². The van der Waals surface area contributed by atoms with Crippen LogP contribution in [-0.4, -0.2) is 22.3 Å². The van der Waals surface area contributed by atoms with Crippen molar-refractivity contribution in [3.05, 3.63) is 65.2 Å². The standard InChI is InChI=1S/C23H22FN3O3/c24-17-6-4-5-16(12-17)22-26-21(18-7-2-1-3-10-27(18)22)23(28)25-13-15-8-9-19-20(11-15)30-14-29-19/h4-6,8-9,11-12H,1-3,7,10,13-14H2,(H,25,28). The number of benzene rings is 2. The van der Waals surface area contributed by atoms with E-state index in [1.54, 1.807) is 6.07 Å². The average Bonchev–Trinajstić information content (AvgIpc) is 3.29. The van der Waals surface area contributed by atoms with Gasteiger partial charge in [0.25, 0.3) is 5.91 Å². The second-order valence-electron chi connectivity index (χ2n) is 7.57. The van der Waals surface area contributed by atoms with Crippen LogP contribution in [-0.2, 0) is 19.5 Å². The van der Waals surface area contributed by atoms with Crippen LogP contribution < -0.4 is 14.8 Å². The molecule has 2 aliphatic rings. The first-order valence-corrected chi connectivity index (χ1v) is 10.2. The van der Waals surface area contributed by atoms with Crippen LogP contribution in [0.25, 0.3) is 11.4 Å². The molecule has 7 heteroatoms. The molecule has 2 aromatic carbocycles. The number of rotatable bonds is 4. The van der Waals surface area contributed by atoms with Gasteiger partial charge in [0.2, 0.25) is 6.79 Å². The predicted molar refractivity (Wildman–Crippen MR) is 109 cm³/mol. The number of carbonyl (C=O) groups is 1. The maximum Gasteiger partial charge on any atom is 0.272 e. The first-order valence-electron chi connectivity index (χ1n) is 10.2. The summed E-state index contributed by atoms with van der Waals surface area (Å²) in [4.78, 5) is 17.7. The normalized spacial score (nSPS) is 14.8. The SMILES string of the molecule is O=C(NCc1ccc2c(c1)OCO2)c1nc(-c2cccc(F)c2)n2c1CCCCC2. The molecule has 5 rings (SSSR count). The topological polar surface area (TPSA) is 65.4 Å². The summed E-state index contributed by atoms with van der Waals surface area (Å²) in [5.74, 6) is 1.52. The van der Waals surface area contributed by atoms with Crippen molar-refractivity contribution < 1.29 is 18.7 Å². The van der Waals surface area contributed by atoms with Crippen molar-refractivity contribution in [2.24, 2.45) is 0 Å². The second kappa shape index (κ2) is 7.82. The second-order valence-corrected chi connectivity index (χ2v) is 7.57. The van der Waals surface area contributed by atoms with Gasteiger partial charge in [0.15, 0.2) is 11.5 Å². The van der Waals surface area contributed by atoms with Gasteiger partial charge in [-0.15, -0.1) is 0 Å². The molecule has 6 nitrogen and oxygen atoms in total. The van der Waals surface area contributed by atoms with Gasteiger partial charge in [-0.05, 0) is 49.1 Å². The van der Waals surface area contributed by atoms with Crippen LogP contribution in [0.4, 0.5) is 4.39 Å². The number of hydrogen-bond donors (Lipinski definition) is 1. The fourth-order valence-corrected chi connectivity index (χ4v) is 4.07. The number of nitrogens with one attached hydrogen (secondary N) is 1. The van der Waals surface area contributed by atoms with Gasteiger partial charge in [-0.2, -0.15) is 0 Å². The van der Waals surface area contributed by atoms with Crippen LogP contribution in [0, 0.1) is 5.82 Å². The van der Waals surface area contributed by atoms with E-state index in [1.807, 2.05) is 24.3 Å². The largest absolute Gasteiger partial charge is 0.454 e. The number of imidazole rings is 1. The highest BCUT2D eigenvalue weighted by molar-refractivity contribution is 5.94. The maximum atomic E-state index is 13.8. The molecule has 0 unspecified atom stereocenters. The van der Waals surface area contributed by atoms with Crippen LogP contribution in [0.1, 0.15) is 41.0 Å². The lowest BCUT2D eigenvalue weighted by Gasteiger charge is -2.09. The molecule has 3 heterocycles. The molecular formula is C23H22FN3O3. The fourth-order valence-electron chi connectivity index (χ4n) is 4.07. The number of fused-ring (bicyclic) bond motifs is 2. The Labute approximate surface area is 173 Å². The van der Waals surface area contributed by atoms with Gasteiger partial charge in [0.05, 0.1) is 5.69 Å². The molecule has 30 heavy (non-hydrogen) atoms. The van der Waals surface area contributed by atoms with Crippen molar-refractivity contribution in [3.8, 4) is 22.9 Å². The van der Waals surface area contributed by atoms with Crippen molar-refractivity contribution in [1.82, 2.24) is 14.9 Å². The summed E-state index contributed by atoms with van der Waals surface area (Å²) in [7, 11) is 0. The van der Waals surface area contributed by atoms with Crippen molar-refractivity contribution in [1.29, 1.82) is 0 Å². The zero-order chi connectivity index (χ0) is 20.5. The number of nitrogens with zero attached hydrogens (tertiary/aromatic N) is 2. The monoisotopic (exact) mass is 407 g/mol. The van der Waals surface area contributed by atoms with Gasteiger partial charge in [-0.25, -0.2) is 9.37 Å². The first kappa shape index (κ1) is 18.7. The molecule has 0 aliphatic carbocycles. The van der Waals surface area contributed by atoms with Gasteiger partial charge in [0, 0.05) is 18.7 Å². The number of hydrogen-bond acceptors (Lipinski definition) is 4. The molecule has 1 amide bonds. The summed E-state index contributed by atoms with van der Waals surface area (Å²) in [6.07, 6.45) is 3.91.